The minimum Gasteiger partial charge on any atom is -0.459 e. The number of hydrogen-bond donors (Lipinski definition) is 0. The van der Waals surface area contributed by atoms with E-state index in [1.165, 1.54) is 6.42 Å². The van der Waals surface area contributed by atoms with Gasteiger partial charge in [0.15, 0.2) is 0 Å². The maximum Gasteiger partial charge on any atom is 0.309 e. The standard InChI is InChI=1S/C10H13BrO3/c11-14-9-6-1-5-2-7(4-6)10(12)13-8(9)3-5/h5-9H,1-4H2. The van der Waals surface area contributed by atoms with Gasteiger partial charge in [-0.05, 0) is 37.5 Å². The second-order valence-electron chi connectivity index (χ2n) is 4.79. The molecule has 78 valence electrons. The largest absolute Gasteiger partial charge is 0.459 e. The fourth-order valence-electron chi connectivity index (χ4n) is 3.39. The highest BCUT2D eigenvalue weighted by atomic mass is 79.9. The molecule has 0 spiro atoms. The fraction of sp³-hybridized carbons (Fsp3) is 0.900. The van der Waals surface area contributed by atoms with Gasteiger partial charge in [-0.2, -0.15) is 0 Å². The van der Waals surface area contributed by atoms with Crippen LogP contribution >= 0.6 is 16.3 Å². The van der Waals surface area contributed by atoms with Crippen LogP contribution in [0.4, 0.5) is 0 Å². The summed E-state index contributed by atoms with van der Waals surface area (Å²) >= 11 is 3.06. The third kappa shape index (κ3) is 1.23. The van der Waals surface area contributed by atoms with Crippen LogP contribution in [0.1, 0.15) is 25.7 Å². The van der Waals surface area contributed by atoms with Gasteiger partial charge in [-0.1, -0.05) is 0 Å². The molecular formula is C10H13BrO3. The van der Waals surface area contributed by atoms with Crippen molar-refractivity contribution in [2.75, 3.05) is 0 Å². The van der Waals surface area contributed by atoms with Crippen molar-refractivity contribution in [2.45, 2.75) is 37.9 Å². The van der Waals surface area contributed by atoms with E-state index in [4.69, 9.17) is 8.57 Å². The molecule has 0 aromatic carbocycles. The molecule has 0 radical (unpaired) electrons. The molecule has 4 heteroatoms. The number of carbonyl (C=O) groups excluding carboxylic acids is 1. The van der Waals surface area contributed by atoms with Crippen molar-refractivity contribution in [1.29, 1.82) is 0 Å². The molecule has 14 heavy (non-hydrogen) atoms. The lowest BCUT2D eigenvalue weighted by atomic mass is 9.67. The first-order valence-electron chi connectivity index (χ1n) is 5.26. The van der Waals surface area contributed by atoms with Crippen molar-refractivity contribution in [3.05, 3.63) is 0 Å². The number of fused-ring (bicyclic) bond motifs is 1. The predicted molar refractivity (Wildman–Crippen MR) is 52.6 cm³/mol. The van der Waals surface area contributed by atoms with E-state index in [2.05, 4.69) is 16.3 Å². The van der Waals surface area contributed by atoms with Crippen molar-refractivity contribution in [1.82, 2.24) is 0 Å². The van der Waals surface area contributed by atoms with Crippen LogP contribution < -0.4 is 0 Å². The first-order valence-corrected chi connectivity index (χ1v) is 5.90. The lowest BCUT2D eigenvalue weighted by molar-refractivity contribution is -0.154. The summed E-state index contributed by atoms with van der Waals surface area (Å²) in [6.45, 7) is 0. The second kappa shape index (κ2) is 3.20. The third-order valence-corrected chi connectivity index (χ3v) is 4.37. The fourth-order valence-corrected chi connectivity index (χ4v) is 3.94. The van der Waals surface area contributed by atoms with E-state index in [1.54, 1.807) is 0 Å². The quantitative estimate of drug-likeness (QED) is 0.677. The van der Waals surface area contributed by atoms with Gasteiger partial charge < -0.3 is 8.57 Å². The molecular weight excluding hydrogens is 248 g/mol. The summed E-state index contributed by atoms with van der Waals surface area (Å²) < 4.78 is 10.7. The molecule has 5 unspecified atom stereocenters. The molecule has 2 heterocycles. The van der Waals surface area contributed by atoms with Gasteiger partial charge >= 0.3 is 5.97 Å². The van der Waals surface area contributed by atoms with Crippen molar-refractivity contribution >= 4 is 22.2 Å². The van der Waals surface area contributed by atoms with Gasteiger partial charge in [0, 0.05) is 0 Å². The molecule has 2 saturated heterocycles. The summed E-state index contributed by atoms with van der Waals surface area (Å²) in [5, 5.41) is 0. The van der Waals surface area contributed by atoms with Crippen molar-refractivity contribution in [3.8, 4) is 0 Å². The molecule has 4 rings (SSSR count). The van der Waals surface area contributed by atoms with Crippen LogP contribution in [0.2, 0.25) is 0 Å². The van der Waals surface area contributed by atoms with Gasteiger partial charge in [-0.15, -0.1) is 0 Å². The zero-order chi connectivity index (χ0) is 9.71. The Morgan fingerprint density at radius 2 is 2.14 bits per heavy atom. The van der Waals surface area contributed by atoms with Gasteiger partial charge in [0.05, 0.1) is 22.2 Å². The molecule has 5 atom stereocenters. The monoisotopic (exact) mass is 260 g/mol. The maximum atomic E-state index is 11.6. The van der Waals surface area contributed by atoms with Gasteiger partial charge in [0.2, 0.25) is 0 Å². The molecule has 2 aliphatic carbocycles. The van der Waals surface area contributed by atoms with Crippen LogP contribution in [0.15, 0.2) is 0 Å². The zero-order valence-electron chi connectivity index (χ0n) is 7.82. The molecule has 4 fully saturated rings. The molecule has 0 amide bonds. The number of hydrogen-bond acceptors (Lipinski definition) is 3. The van der Waals surface area contributed by atoms with Gasteiger partial charge in [-0.25, -0.2) is 0 Å². The molecule has 0 aromatic heterocycles. The Balaban J connectivity index is 1.94. The van der Waals surface area contributed by atoms with Crippen LogP contribution in [-0.2, 0) is 13.4 Å². The zero-order valence-corrected chi connectivity index (χ0v) is 9.40. The summed E-state index contributed by atoms with van der Waals surface area (Å²) in [6, 6.07) is 0. The van der Waals surface area contributed by atoms with E-state index in [9.17, 15) is 4.79 Å². The van der Waals surface area contributed by atoms with Gasteiger partial charge in [0.25, 0.3) is 0 Å². The third-order valence-electron chi connectivity index (χ3n) is 3.94. The number of carbonyl (C=O) groups is 1. The molecule has 4 aliphatic rings. The van der Waals surface area contributed by atoms with Crippen LogP contribution in [0, 0.1) is 17.8 Å². The molecule has 3 nitrogen and oxygen atoms in total. The second-order valence-corrected chi connectivity index (χ2v) is 5.17. The Kier molecular flexibility index (Phi) is 2.10. The Morgan fingerprint density at radius 3 is 2.93 bits per heavy atom. The van der Waals surface area contributed by atoms with Crippen molar-refractivity contribution in [3.63, 3.8) is 0 Å². The van der Waals surface area contributed by atoms with Crippen LogP contribution in [0.25, 0.3) is 0 Å². The number of esters is 1. The Labute approximate surface area is 91.6 Å². The molecule has 2 aliphatic heterocycles. The topological polar surface area (TPSA) is 35.5 Å². The molecule has 4 bridgehead atoms. The normalized spacial score (nSPS) is 50.4. The predicted octanol–water partition coefficient (Wildman–Crippen LogP) is 2.04. The SMILES string of the molecule is O=C1OC2CC3CC1CC(C3)C2OBr. The van der Waals surface area contributed by atoms with Crippen molar-refractivity contribution < 1.29 is 13.4 Å². The maximum absolute atomic E-state index is 11.6. The average molecular weight is 261 g/mol. The lowest BCUT2D eigenvalue weighted by Gasteiger charge is -2.40. The first kappa shape index (κ1) is 9.16. The highest BCUT2D eigenvalue weighted by Crippen LogP contribution is 2.48. The van der Waals surface area contributed by atoms with Crippen LogP contribution in [0.5, 0.6) is 0 Å². The number of ether oxygens (including phenoxy) is 1. The van der Waals surface area contributed by atoms with E-state index < -0.39 is 0 Å². The summed E-state index contributed by atoms with van der Waals surface area (Å²) in [4.78, 5) is 11.6. The summed E-state index contributed by atoms with van der Waals surface area (Å²) in [5.74, 6) is 1.36. The molecule has 2 saturated carbocycles. The minimum atomic E-state index is -0.00174. The van der Waals surface area contributed by atoms with Gasteiger partial charge in [-0.3, -0.25) is 4.79 Å². The van der Waals surface area contributed by atoms with Crippen LogP contribution in [0.3, 0.4) is 0 Å². The smallest absolute Gasteiger partial charge is 0.309 e. The van der Waals surface area contributed by atoms with E-state index in [0.717, 1.165) is 19.3 Å². The Bertz CT molecular complexity index is 268. The minimum absolute atomic E-state index is 0.00174. The molecule has 0 aromatic rings. The summed E-state index contributed by atoms with van der Waals surface area (Å²) in [7, 11) is 0. The number of rotatable bonds is 1. The van der Waals surface area contributed by atoms with E-state index >= 15 is 0 Å². The van der Waals surface area contributed by atoms with Crippen molar-refractivity contribution in [2.24, 2.45) is 17.8 Å². The summed E-state index contributed by atoms with van der Waals surface area (Å²) in [6.07, 6.45) is 4.29. The van der Waals surface area contributed by atoms with E-state index in [1.807, 2.05) is 0 Å². The molecule has 0 N–H and O–H groups in total. The summed E-state index contributed by atoms with van der Waals surface area (Å²) in [5.41, 5.74) is 0. The Morgan fingerprint density at radius 1 is 1.29 bits per heavy atom. The van der Waals surface area contributed by atoms with Gasteiger partial charge in [0.1, 0.15) is 12.2 Å². The van der Waals surface area contributed by atoms with E-state index in [-0.39, 0.29) is 24.1 Å². The highest BCUT2D eigenvalue weighted by Gasteiger charge is 2.50. The Hall–Kier alpha value is -0.0900. The average Bonchev–Trinajstić information content (AvgIpc) is 2.31. The lowest BCUT2D eigenvalue weighted by Crippen LogP contribution is -2.42. The van der Waals surface area contributed by atoms with E-state index in [0.29, 0.717) is 11.8 Å². The number of halogens is 1. The first-order chi connectivity index (χ1) is 6.78. The highest BCUT2D eigenvalue weighted by molar-refractivity contribution is 9.06. The van der Waals surface area contributed by atoms with Crippen LogP contribution in [-0.4, -0.2) is 18.2 Å².